The summed E-state index contributed by atoms with van der Waals surface area (Å²) in [7, 11) is 0. The van der Waals surface area contributed by atoms with Gasteiger partial charge in [-0.25, -0.2) is 0 Å². The summed E-state index contributed by atoms with van der Waals surface area (Å²) in [6.07, 6.45) is 4.77. The van der Waals surface area contributed by atoms with Crippen LogP contribution < -0.4 is 0 Å². The predicted molar refractivity (Wildman–Crippen MR) is 66.0 cm³/mol. The average Bonchev–Trinajstić information content (AvgIpc) is 2.58. The van der Waals surface area contributed by atoms with Crippen LogP contribution in [-0.4, -0.2) is 11.2 Å². The van der Waals surface area contributed by atoms with Crippen molar-refractivity contribution < 1.29 is 5.11 Å². The summed E-state index contributed by atoms with van der Waals surface area (Å²) in [5, 5.41) is 9.89. The molecule has 2 unspecified atom stereocenters. The van der Waals surface area contributed by atoms with Gasteiger partial charge in [0.15, 0.2) is 0 Å². The normalized spacial score (nSPS) is 54.1. The summed E-state index contributed by atoms with van der Waals surface area (Å²) in [5.74, 6) is 3.01. The first-order chi connectivity index (χ1) is 7.41. The molecule has 4 saturated carbocycles. The van der Waals surface area contributed by atoms with E-state index in [-0.39, 0.29) is 6.10 Å². The van der Waals surface area contributed by atoms with Crippen LogP contribution in [0.15, 0.2) is 12.2 Å². The smallest absolute Gasteiger partial charge is 0.0745 e. The predicted octanol–water partition coefficient (Wildman–Crippen LogP) is 3.39. The Labute approximate surface area is 98.9 Å². The molecule has 0 spiro atoms. The molecule has 1 heteroatoms. The van der Waals surface area contributed by atoms with Gasteiger partial charge in [-0.05, 0) is 61.2 Å². The minimum Gasteiger partial charge on any atom is -0.389 e. The molecule has 1 N–H and O–H groups in total. The largest absolute Gasteiger partial charge is 0.389 e. The molecule has 0 saturated heterocycles. The third kappa shape index (κ3) is 1.01. The van der Waals surface area contributed by atoms with Crippen LogP contribution in [0.5, 0.6) is 0 Å². The molecule has 4 aliphatic carbocycles. The van der Waals surface area contributed by atoms with Crippen LogP contribution >= 0.6 is 0 Å². The molecule has 1 nitrogen and oxygen atoms in total. The van der Waals surface area contributed by atoms with Gasteiger partial charge in [0.1, 0.15) is 0 Å². The maximum Gasteiger partial charge on any atom is 0.0745 e. The van der Waals surface area contributed by atoms with E-state index in [1.165, 1.54) is 19.3 Å². The minimum absolute atomic E-state index is 0.282. The van der Waals surface area contributed by atoms with Crippen LogP contribution in [0.25, 0.3) is 0 Å². The van der Waals surface area contributed by atoms with E-state index in [4.69, 9.17) is 0 Å². The summed E-state index contributed by atoms with van der Waals surface area (Å²) in [4.78, 5) is 0. The monoisotopic (exact) mass is 220 g/mol. The Kier molecular flexibility index (Phi) is 1.98. The molecule has 4 bridgehead atoms. The summed E-state index contributed by atoms with van der Waals surface area (Å²) >= 11 is 0. The Bertz CT molecular complexity index is 333. The second-order valence-corrected chi connectivity index (χ2v) is 6.98. The van der Waals surface area contributed by atoms with Crippen molar-refractivity contribution in [3.8, 4) is 0 Å². The zero-order valence-electron chi connectivity index (χ0n) is 10.8. The number of aliphatic hydroxyl groups excluding tert-OH is 1. The van der Waals surface area contributed by atoms with Gasteiger partial charge >= 0.3 is 0 Å². The molecule has 0 amide bonds. The number of hydrogen-bond acceptors (Lipinski definition) is 1. The van der Waals surface area contributed by atoms with Gasteiger partial charge in [0.25, 0.3) is 0 Å². The molecular weight excluding hydrogens is 196 g/mol. The van der Waals surface area contributed by atoms with Gasteiger partial charge in [-0.1, -0.05) is 26.0 Å². The Morgan fingerprint density at radius 2 is 1.94 bits per heavy atom. The van der Waals surface area contributed by atoms with Crippen molar-refractivity contribution >= 4 is 0 Å². The molecule has 4 rings (SSSR count). The Morgan fingerprint density at radius 1 is 1.38 bits per heavy atom. The quantitative estimate of drug-likeness (QED) is 0.720. The molecule has 16 heavy (non-hydrogen) atoms. The van der Waals surface area contributed by atoms with E-state index in [0.29, 0.717) is 10.8 Å². The van der Waals surface area contributed by atoms with Gasteiger partial charge < -0.3 is 5.11 Å². The van der Waals surface area contributed by atoms with Crippen molar-refractivity contribution in [3.63, 3.8) is 0 Å². The van der Waals surface area contributed by atoms with E-state index < -0.39 is 0 Å². The molecule has 4 fully saturated rings. The van der Waals surface area contributed by atoms with Crippen LogP contribution in [0.1, 0.15) is 46.5 Å². The first-order valence-corrected chi connectivity index (χ1v) is 6.74. The van der Waals surface area contributed by atoms with Gasteiger partial charge in [0, 0.05) is 0 Å². The summed E-state index contributed by atoms with van der Waals surface area (Å²) < 4.78 is 0. The third-order valence-corrected chi connectivity index (χ3v) is 6.63. The molecule has 0 heterocycles. The van der Waals surface area contributed by atoms with Crippen molar-refractivity contribution in [1.82, 2.24) is 0 Å². The molecule has 4 aliphatic rings. The lowest BCUT2D eigenvalue weighted by molar-refractivity contribution is 0.112. The van der Waals surface area contributed by atoms with Crippen molar-refractivity contribution in [2.75, 3.05) is 0 Å². The van der Waals surface area contributed by atoms with E-state index in [1.807, 2.05) is 6.92 Å². The third-order valence-electron chi connectivity index (χ3n) is 6.63. The fourth-order valence-corrected chi connectivity index (χ4v) is 5.19. The van der Waals surface area contributed by atoms with Gasteiger partial charge in [-0.3, -0.25) is 0 Å². The number of aliphatic hydroxyl groups is 1. The van der Waals surface area contributed by atoms with E-state index in [0.717, 1.165) is 29.7 Å². The van der Waals surface area contributed by atoms with Gasteiger partial charge in [-0.15, -0.1) is 0 Å². The van der Waals surface area contributed by atoms with Crippen LogP contribution in [0.4, 0.5) is 0 Å². The maximum atomic E-state index is 9.89. The van der Waals surface area contributed by atoms with Crippen molar-refractivity contribution in [3.05, 3.63) is 12.2 Å². The standard InChI is InChI=1S/C15H24O/c1-9(2)13(16)5-6-14(3)10-7-11-12(8-10)15(11,14)4/h10-13,16H,1,5-8H2,2-4H3/t10?,11-,12+,13-,14-,15?/m1/s1. The van der Waals surface area contributed by atoms with Crippen LogP contribution in [0, 0.1) is 28.6 Å². The SMILES string of the molecule is C=C(C)[C@H](O)CC[C@]1(C)C2C[C@@H]3[C@H](C2)C31C. The fourth-order valence-electron chi connectivity index (χ4n) is 5.19. The highest BCUT2D eigenvalue weighted by Gasteiger charge is 2.80. The maximum absolute atomic E-state index is 9.89. The van der Waals surface area contributed by atoms with E-state index in [9.17, 15) is 5.11 Å². The van der Waals surface area contributed by atoms with E-state index in [1.54, 1.807) is 0 Å². The highest BCUT2D eigenvalue weighted by molar-refractivity contribution is 5.28. The molecule has 0 aromatic rings. The Morgan fingerprint density at radius 3 is 2.31 bits per heavy atom. The van der Waals surface area contributed by atoms with Crippen LogP contribution in [0.2, 0.25) is 0 Å². The van der Waals surface area contributed by atoms with Gasteiger partial charge in [-0.2, -0.15) is 0 Å². The second kappa shape index (κ2) is 2.93. The number of rotatable bonds is 4. The lowest BCUT2D eigenvalue weighted by Crippen LogP contribution is -2.28. The first kappa shape index (κ1) is 10.8. The highest BCUT2D eigenvalue weighted by atomic mass is 16.3. The van der Waals surface area contributed by atoms with Gasteiger partial charge in [0.05, 0.1) is 6.10 Å². The molecular formula is C15H24O. The van der Waals surface area contributed by atoms with Crippen LogP contribution in [-0.2, 0) is 0 Å². The highest BCUT2D eigenvalue weighted by Crippen LogP contribution is 2.87. The zero-order chi connectivity index (χ0) is 11.7. The lowest BCUT2D eigenvalue weighted by Gasteiger charge is -2.35. The topological polar surface area (TPSA) is 20.2 Å². The average molecular weight is 220 g/mol. The Hall–Kier alpha value is -0.300. The molecule has 0 aromatic heterocycles. The fraction of sp³-hybridized carbons (Fsp3) is 0.867. The minimum atomic E-state index is -0.282. The van der Waals surface area contributed by atoms with Crippen molar-refractivity contribution in [1.29, 1.82) is 0 Å². The summed E-state index contributed by atoms with van der Waals surface area (Å²) in [6, 6.07) is 0. The van der Waals surface area contributed by atoms with Crippen molar-refractivity contribution in [2.24, 2.45) is 28.6 Å². The Balaban J connectivity index is 1.70. The molecule has 6 atom stereocenters. The first-order valence-electron chi connectivity index (χ1n) is 6.74. The summed E-state index contributed by atoms with van der Waals surface area (Å²) in [5.41, 5.74) is 2.07. The molecule has 90 valence electrons. The van der Waals surface area contributed by atoms with Crippen molar-refractivity contribution in [2.45, 2.75) is 52.6 Å². The van der Waals surface area contributed by atoms with Crippen LogP contribution in [0.3, 0.4) is 0 Å². The molecule has 0 radical (unpaired) electrons. The number of hydrogen-bond donors (Lipinski definition) is 1. The lowest BCUT2D eigenvalue weighted by atomic mass is 9.70. The van der Waals surface area contributed by atoms with E-state index >= 15 is 0 Å². The van der Waals surface area contributed by atoms with Gasteiger partial charge in [0.2, 0.25) is 0 Å². The summed E-state index contributed by atoms with van der Waals surface area (Å²) in [6.45, 7) is 10.8. The second-order valence-electron chi connectivity index (χ2n) is 6.98. The molecule has 0 aromatic carbocycles. The van der Waals surface area contributed by atoms with E-state index in [2.05, 4.69) is 20.4 Å². The zero-order valence-corrected chi connectivity index (χ0v) is 10.8. The molecule has 0 aliphatic heterocycles.